The van der Waals surface area contributed by atoms with Gasteiger partial charge in [0.15, 0.2) is 0 Å². The van der Waals surface area contributed by atoms with Crippen LogP contribution in [0, 0.1) is 5.92 Å². The Kier molecular flexibility index (Phi) is 3.09. The lowest BCUT2D eigenvalue weighted by molar-refractivity contribution is -0.155. The van der Waals surface area contributed by atoms with Crippen molar-refractivity contribution in [2.45, 2.75) is 45.3 Å². The lowest BCUT2D eigenvalue weighted by Gasteiger charge is -2.30. The van der Waals surface area contributed by atoms with Crippen LogP contribution in [0.25, 0.3) is 0 Å². The minimum absolute atomic E-state index is 0.265. The number of hydrogen-bond acceptors (Lipinski definition) is 3. The van der Waals surface area contributed by atoms with Crippen LogP contribution in [0.3, 0.4) is 0 Å². The monoisotopic (exact) mass is 172 g/mol. The predicted molar refractivity (Wildman–Crippen MR) is 44.6 cm³/mol. The van der Waals surface area contributed by atoms with Crippen molar-refractivity contribution in [3.8, 4) is 0 Å². The zero-order valence-corrected chi connectivity index (χ0v) is 7.62. The van der Waals surface area contributed by atoms with E-state index < -0.39 is 6.10 Å². The zero-order valence-electron chi connectivity index (χ0n) is 7.62. The molecule has 70 valence electrons. The van der Waals surface area contributed by atoms with Crippen molar-refractivity contribution in [3.63, 3.8) is 0 Å². The third kappa shape index (κ3) is 2.48. The maximum atomic E-state index is 10.6. The van der Waals surface area contributed by atoms with Gasteiger partial charge in [0.25, 0.3) is 0 Å². The summed E-state index contributed by atoms with van der Waals surface area (Å²) in [5.41, 5.74) is 0. The minimum Gasteiger partial charge on any atom is -0.460 e. The first kappa shape index (κ1) is 9.52. The molecule has 3 atom stereocenters. The Morgan fingerprint density at radius 3 is 2.67 bits per heavy atom. The maximum Gasteiger partial charge on any atom is 0.302 e. The third-order valence-corrected chi connectivity index (χ3v) is 2.33. The molecule has 0 aromatic heterocycles. The van der Waals surface area contributed by atoms with Crippen molar-refractivity contribution in [2.75, 3.05) is 0 Å². The van der Waals surface area contributed by atoms with E-state index in [9.17, 15) is 9.90 Å². The Hall–Kier alpha value is -0.570. The van der Waals surface area contributed by atoms with E-state index in [-0.39, 0.29) is 12.1 Å². The van der Waals surface area contributed by atoms with Gasteiger partial charge < -0.3 is 9.84 Å². The van der Waals surface area contributed by atoms with E-state index >= 15 is 0 Å². The van der Waals surface area contributed by atoms with E-state index in [0.717, 1.165) is 19.3 Å². The summed E-state index contributed by atoms with van der Waals surface area (Å²) in [6.07, 6.45) is 1.85. The molecule has 0 radical (unpaired) electrons. The molecule has 1 rings (SSSR count). The first-order valence-corrected chi connectivity index (χ1v) is 4.45. The summed E-state index contributed by atoms with van der Waals surface area (Å²) in [4.78, 5) is 10.6. The number of esters is 1. The highest BCUT2D eigenvalue weighted by Gasteiger charge is 2.28. The van der Waals surface area contributed by atoms with Gasteiger partial charge in [0.05, 0.1) is 6.10 Å². The highest BCUT2D eigenvalue weighted by molar-refractivity contribution is 5.66. The summed E-state index contributed by atoms with van der Waals surface area (Å²) in [6.45, 7) is 3.48. The van der Waals surface area contributed by atoms with Crippen LogP contribution < -0.4 is 0 Å². The fraction of sp³-hybridized carbons (Fsp3) is 0.889. The summed E-state index contributed by atoms with van der Waals surface area (Å²) in [5.74, 6) is 0.250. The first-order chi connectivity index (χ1) is 5.59. The van der Waals surface area contributed by atoms with Gasteiger partial charge in [-0.25, -0.2) is 0 Å². The van der Waals surface area contributed by atoms with Gasteiger partial charge in [0.1, 0.15) is 6.10 Å². The van der Waals surface area contributed by atoms with E-state index in [2.05, 4.69) is 6.92 Å². The molecule has 3 nitrogen and oxygen atoms in total. The molecule has 0 saturated heterocycles. The fourth-order valence-corrected chi connectivity index (χ4v) is 1.67. The lowest BCUT2D eigenvalue weighted by atomic mass is 9.87. The second-order valence-corrected chi connectivity index (χ2v) is 3.63. The Bertz CT molecular complexity index is 167. The standard InChI is InChI=1S/C9H16O3/c1-6-3-4-9(8(11)5-6)12-7(2)10/h6,8-9,11H,3-5H2,1-2H3. The fourth-order valence-electron chi connectivity index (χ4n) is 1.67. The van der Waals surface area contributed by atoms with Gasteiger partial charge in [0.2, 0.25) is 0 Å². The molecule has 0 bridgehead atoms. The quantitative estimate of drug-likeness (QED) is 0.602. The Morgan fingerprint density at radius 1 is 1.50 bits per heavy atom. The minimum atomic E-state index is -0.461. The molecule has 1 fully saturated rings. The smallest absolute Gasteiger partial charge is 0.302 e. The Morgan fingerprint density at radius 2 is 2.17 bits per heavy atom. The second-order valence-electron chi connectivity index (χ2n) is 3.63. The van der Waals surface area contributed by atoms with Crippen LogP contribution in [-0.4, -0.2) is 23.3 Å². The molecule has 0 heterocycles. The number of ether oxygens (including phenoxy) is 1. The third-order valence-electron chi connectivity index (χ3n) is 2.33. The Balaban J connectivity index is 2.39. The van der Waals surface area contributed by atoms with Crippen LogP contribution >= 0.6 is 0 Å². The highest BCUT2D eigenvalue weighted by atomic mass is 16.6. The van der Waals surface area contributed by atoms with Crippen molar-refractivity contribution in [1.29, 1.82) is 0 Å². The van der Waals surface area contributed by atoms with Gasteiger partial charge in [-0.2, -0.15) is 0 Å². The molecule has 1 saturated carbocycles. The number of aliphatic hydroxyl groups excluding tert-OH is 1. The molecular weight excluding hydrogens is 156 g/mol. The van der Waals surface area contributed by atoms with Crippen LogP contribution in [0.15, 0.2) is 0 Å². The predicted octanol–water partition coefficient (Wildman–Crippen LogP) is 1.10. The van der Waals surface area contributed by atoms with Crippen LogP contribution in [0.4, 0.5) is 0 Å². The molecule has 3 unspecified atom stereocenters. The van der Waals surface area contributed by atoms with Gasteiger partial charge in [-0.05, 0) is 25.2 Å². The number of carbonyl (C=O) groups excluding carboxylic acids is 1. The van der Waals surface area contributed by atoms with Crippen LogP contribution in [-0.2, 0) is 9.53 Å². The van der Waals surface area contributed by atoms with E-state index in [4.69, 9.17) is 4.74 Å². The molecule has 0 amide bonds. The van der Waals surface area contributed by atoms with Crippen molar-refractivity contribution < 1.29 is 14.6 Å². The molecule has 12 heavy (non-hydrogen) atoms. The molecule has 0 aromatic carbocycles. The van der Waals surface area contributed by atoms with E-state index in [1.807, 2.05) is 0 Å². The second kappa shape index (κ2) is 3.90. The van der Waals surface area contributed by atoms with Crippen molar-refractivity contribution in [1.82, 2.24) is 0 Å². The van der Waals surface area contributed by atoms with E-state index in [1.54, 1.807) is 0 Å². The topological polar surface area (TPSA) is 46.5 Å². The number of rotatable bonds is 1. The molecule has 3 heteroatoms. The SMILES string of the molecule is CC(=O)OC1CCC(C)CC1O. The average molecular weight is 172 g/mol. The summed E-state index contributed by atoms with van der Waals surface area (Å²) >= 11 is 0. The summed E-state index contributed by atoms with van der Waals surface area (Å²) in [7, 11) is 0. The van der Waals surface area contributed by atoms with Crippen molar-refractivity contribution >= 4 is 5.97 Å². The average Bonchev–Trinajstić information content (AvgIpc) is 1.94. The summed E-state index contributed by atoms with van der Waals surface area (Å²) < 4.78 is 4.96. The molecule has 1 N–H and O–H groups in total. The van der Waals surface area contributed by atoms with Gasteiger partial charge in [0, 0.05) is 6.92 Å². The molecule has 0 aromatic rings. The van der Waals surface area contributed by atoms with E-state index in [0.29, 0.717) is 5.92 Å². The van der Waals surface area contributed by atoms with Gasteiger partial charge in [-0.1, -0.05) is 6.92 Å². The Labute approximate surface area is 72.7 Å². The summed E-state index contributed by atoms with van der Waals surface area (Å²) in [6, 6.07) is 0. The van der Waals surface area contributed by atoms with Crippen molar-refractivity contribution in [2.24, 2.45) is 5.92 Å². The largest absolute Gasteiger partial charge is 0.460 e. The maximum absolute atomic E-state index is 10.6. The number of hydrogen-bond donors (Lipinski definition) is 1. The van der Waals surface area contributed by atoms with Crippen LogP contribution in [0.5, 0.6) is 0 Å². The molecular formula is C9H16O3. The molecule has 0 aliphatic heterocycles. The highest BCUT2D eigenvalue weighted by Crippen LogP contribution is 2.25. The summed E-state index contributed by atoms with van der Waals surface area (Å²) in [5, 5.41) is 9.51. The number of aliphatic hydroxyl groups is 1. The van der Waals surface area contributed by atoms with Crippen molar-refractivity contribution in [3.05, 3.63) is 0 Å². The molecule has 0 spiro atoms. The lowest BCUT2D eigenvalue weighted by Crippen LogP contribution is -2.36. The zero-order chi connectivity index (χ0) is 9.14. The molecule has 1 aliphatic carbocycles. The van der Waals surface area contributed by atoms with Gasteiger partial charge in [-0.3, -0.25) is 4.79 Å². The normalized spacial score (nSPS) is 36.1. The van der Waals surface area contributed by atoms with Crippen LogP contribution in [0.1, 0.15) is 33.1 Å². The van der Waals surface area contributed by atoms with Crippen LogP contribution in [0.2, 0.25) is 0 Å². The first-order valence-electron chi connectivity index (χ1n) is 4.45. The molecule has 1 aliphatic rings. The number of carbonyl (C=O) groups is 1. The van der Waals surface area contributed by atoms with E-state index in [1.165, 1.54) is 6.92 Å². The van der Waals surface area contributed by atoms with Gasteiger partial charge >= 0.3 is 5.97 Å². The van der Waals surface area contributed by atoms with Gasteiger partial charge in [-0.15, -0.1) is 0 Å².